The molecule has 2 fully saturated rings. The molecule has 1 aromatic heterocycles. The number of nitrogens with one attached hydrogen (secondary N) is 2. The zero-order valence-corrected chi connectivity index (χ0v) is 22.4. The molecule has 4 rings (SSSR count). The summed E-state index contributed by atoms with van der Waals surface area (Å²) in [4.78, 5) is 14.0. The van der Waals surface area contributed by atoms with E-state index in [9.17, 15) is 0 Å². The summed E-state index contributed by atoms with van der Waals surface area (Å²) in [5, 5.41) is 6.81. The van der Waals surface area contributed by atoms with E-state index >= 15 is 0 Å². The molecule has 7 heteroatoms. The van der Waals surface area contributed by atoms with Crippen LogP contribution in [0.5, 0.6) is 0 Å². The summed E-state index contributed by atoms with van der Waals surface area (Å²) in [5.74, 6) is 2.73. The van der Waals surface area contributed by atoms with E-state index in [0.29, 0.717) is 6.54 Å². The summed E-state index contributed by atoms with van der Waals surface area (Å²) in [6.07, 6.45) is 7.17. The number of hydrogen-bond donors (Lipinski definition) is 2. The predicted octanol–water partition coefficient (Wildman–Crippen LogP) is 4.40. The number of aliphatic imine (C=N–C) groups is 1. The second-order valence-electron chi connectivity index (χ2n) is 9.27. The first-order chi connectivity index (χ1) is 15.7. The third-order valence-electron chi connectivity index (χ3n) is 6.69. The highest BCUT2D eigenvalue weighted by molar-refractivity contribution is 14.0. The Morgan fingerprint density at radius 3 is 2.12 bits per heavy atom. The quantitative estimate of drug-likeness (QED) is 0.298. The fraction of sp³-hybridized carbons (Fsp3) is 0.538. The number of pyridine rings is 1. The van der Waals surface area contributed by atoms with Gasteiger partial charge in [0, 0.05) is 46.0 Å². The zero-order valence-electron chi connectivity index (χ0n) is 20.1. The lowest BCUT2D eigenvalue weighted by atomic mass is 9.99. The Bertz CT molecular complexity index is 853. The molecule has 0 unspecified atom stereocenters. The SMILES string of the molecule is CN=C(NCc1ccc(CN2CCCC2)cc1)NCc1ccc(N2CCC(C)CC2)nc1.I. The van der Waals surface area contributed by atoms with Crippen molar-refractivity contribution in [3.05, 3.63) is 59.3 Å². The number of rotatable bonds is 7. The molecule has 0 radical (unpaired) electrons. The highest BCUT2D eigenvalue weighted by atomic mass is 127. The maximum atomic E-state index is 4.69. The van der Waals surface area contributed by atoms with Crippen LogP contribution in [0.25, 0.3) is 0 Å². The van der Waals surface area contributed by atoms with Gasteiger partial charge >= 0.3 is 0 Å². The minimum Gasteiger partial charge on any atom is -0.357 e. The van der Waals surface area contributed by atoms with Crippen LogP contribution in [-0.4, -0.2) is 49.1 Å². The number of piperidine rings is 1. The van der Waals surface area contributed by atoms with Gasteiger partial charge in [0.25, 0.3) is 0 Å². The van der Waals surface area contributed by atoms with Crippen LogP contribution < -0.4 is 15.5 Å². The second kappa shape index (κ2) is 13.1. The standard InChI is InChI=1S/C26H38N6.HI/c1-21-11-15-32(16-12-21)25-10-9-24(18-28-25)19-30-26(27-2)29-17-22-5-7-23(8-6-22)20-31-13-3-4-14-31;/h5-10,18,21H,3-4,11-17,19-20H2,1-2H3,(H2,27,29,30);1H. The highest BCUT2D eigenvalue weighted by Gasteiger charge is 2.16. The topological polar surface area (TPSA) is 55.8 Å². The highest BCUT2D eigenvalue weighted by Crippen LogP contribution is 2.21. The van der Waals surface area contributed by atoms with E-state index < -0.39 is 0 Å². The molecule has 2 N–H and O–H groups in total. The number of anilines is 1. The lowest BCUT2D eigenvalue weighted by Gasteiger charge is -2.31. The lowest BCUT2D eigenvalue weighted by molar-refractivity contribution is 0.331. The van der Waals surface area contributed by atoms with Gasteiger partial charge in [-0.3, -0.25) is 9.89 Å². The summed E-state index contributed by atoms with van der Waals surface area (Å²) in [6.45, 7) is 9.57. The van der Waals surface area contributed by atoms with E-state index in [1.807, 2.05) is 13.2 Å². The molecule has 3 heterocycles. The molecule has 0 atom stereocenters. The van der Waals surface area contributed by atoms with Crippen molar-refractivity contribution >= 4 is 35.8 Å². The van der Waals surface area contributed by atoms with Crippen molar-refractivity contribution in [1.82, 2.24) is 20.5 Å². The van der Waals surface area contributed by atoms with E-state index in [1.54, 1.807) is 0 Å². The van der Waals surface area contributed by atoms with Gasteiger partial charge in [0.2, 0.25) is 0 Å². The Hall–Kier alpha value is -1.87. The van der Waals surface area contributed by atoms with Crippen molar-refractivity contribution in [2.75, 3.05) is 38.1 Å². The average molecular weight is 563 g/mol. The van der Waals surface area contributed by atoms with Crippen LogP contribution in [0.1, 0.15) is 49.3 Å². The van der Waals surface area contributed by atoms with Gasteiger partial charge < -0.3 is 15.5 Å². The van der Waals surface area contributed by atoms with Crippen LogP contribution in [0.2, 0.25) is 0 Å². The van der Waals surface area contributed by atoms with Crippen LogP contribution in [0.4, 0.5) is 5.82 Å². The number of nitrogens with zero attached hydrogens (tertiary/aromatic N) is 4. The molecular weight excluding hydrogens is 523 g/mol. The molecule has 180 valence electrons. The number of aromatic nitrogens is 1. The molecular formula is C26H39IN6. The molecule has 0 saturated carbocycles. The summed E-state index contributed by atoms with van der Waals surface area (Å²) in [7, 11) is 1.81. The van der Waals surface area contributed by atoms with Crippen LogP contribution in [0.3, 0.4) is 0 Å². The molecule has 2 aliphatic heterocycles. The zero-order chi connectivity index (χ0) is 22.2. The maximum absolute atomic E-state index is 4.69. The Balaban J connectivity index is 0.00000306. The summed E-state index contributed by atoms with van der Waals surface area (Å²) < 4.78 is 0. The minimum absolute atomic E-state index is 0. The molecule has 0 spiro atoms. The molecule has 6 nitrogen and oxygen atoms in total. The largest absolute Gasteiger partial charge is 0.357 e. The van der Waals surface area contributed by atoms with E-state index in [4.69, 9.17) is 4.98 Å². The number of benzene rings is 1. The first kappa shape index (κ1) is 25.7. The van der Waals surface area contributed by atoms with Gasteiger partial charge in [-0.1, -0.05) is 37.3 Å². The Kier molecular flexibility index (Phi) is 10.2. The van der Waals surface area contributed by atoms with Crippen molar-refractivity contribution in [3.63, 3.8) is 0 Å². The van der Waals surface area contributed by atoms with E-state index in [2.05, 4.69) is 68.7 Å². The monoisotopic (exact) mass is 562 g/mol. The van der Waals surface area contributed by atoms with E-state index in [-0.39, 0.29) is 24.0 Å². The summed E-state index contributed by atoms with van der Waals surface area (Å²) >= 11 is 0. The van der Waals surface area contributed by atoms with Crippen molar-refractivity contribution in [2.45, 2.75) is 52.2 Å². The van der Waals surface area contributed by atoms with Crippen LogP contribution in [-0.2, 0) is 19.6 Å². The van der Waals surface area contributed by atoms with Gasteiger partial charge in [-0.15, -0.1) is 24.0 Å². The molecule has 0 bridgehead atoms. The van der Waals surface area contributed by atoms with Crippen LogP contribution in [0, 0.1) is 5.92 Å². The van der Waals surface area contributed by atoms with Gasteiger partial charge in [-0.25, -0.2) is 4.98 Å². The van der Waals surface area contributed by atoms with Gasteiger partial charge in [0.15, 0.2) is 5.96 Å². The predicted molar refractivity (Wildman–Crippen MR) is 148 cm³/mol. The lowest BCUT2D eigenvalue weighted by Crippen LogP contribution is -2.36. The van der Waals surface area contributed by atoms with Gasteiger partial charge in [0.05, 0.1) is 0 Å². The van der Waals surface area contributed by atoms with Crippen LogP contribution >= 0.6 is 24.0 Å². The van der Waals surface area contributed by atoms with Crippen molar-refractivity contribution < 1.29 is 0 Å². The third kappa shape index (κ3) is 7.84. The van der Waals surface area contributed by atoms with Crippen molar-refractivity contribution in [1.29, 1.82) is 0 Å². The number of guanidine groups is 1. The molecule has 33 heavy (non-hydrogen) atoms. The van der Waals surface area contributed by atoms with Gasteiger partial charge in [0.1, 0.15) is 5.82 Å². The maximum Gasteiger partial charge on any atom is 0.191 e. The minimum atomic E-state index is 0. The first-order valence-corrected chi connectivity index (χ1v) is 12.1. The Morgan fingerprint density at radius 2 is 1.52 bits per heavy atom. The molecule has 2 aliphatic rings. The normalized spacial score (nSPS) is 17.6. The Labute approximate surface area is 216 Å². The van der Waals surface area contributed by atoms with Gasteiger partial charge in [-0.05, 0) is 67.4 Å². The fourth-order valence-electron chi connectivity index (χ4n) is 4.50. The van der Waals surface area contributed by atoms with E-state index in [1.165, 1.54) is 49.9 Å². The fourth-order valence-corrected chi connectivity index (χ4v) is 4.50. The number of hydrogen-bond acceptors (Lipinski definition) is 4. The average Bonchev–Trinajstić information content (AvgIpc) is 3.34. The van der Waals surface area contributed by atoms with E-state index in [0.717, 1.165) is 49.4 Å². The molecule has 0 aliphatic carbocycles. The third-order valence-corrected chi connectivity index (χ3v) is 6.69. The Morgan fingerprint density at radius 1 is 0.909 bits per heavy atom. The molecule has 2 aromatic rings. The smallest absolute Gasteiger partial charge is 0.191 e. The van der Waals surface area contributed by atoms with Gasteiger partial charge in [-0.2, -0.15) is 0 Å². The summed E-state index contributed by atoms with van der Waals surface area (Å²) in [5.41, 5.74) is 3.82. The molecule has 2 saturated heterocycles. The second-order valence-corrected chi connectivity index (χ2v) is 9.27. The van der Waals surface area contributed by atoms with Crippen LogP contribution in [0.15, 0.2) is 47.6 Å². The first-order valence-electron chi connectivity index (χ1n) is 12.1. The van der Waals surface area contributed by atoms with Crippen molar-refractivity contribution in [3.8, 4) is 0 Å². The number of halogens is 1. The number of likely N-dealkylation sites (tertiary alicyclic amines) is 1. The summed E-state index contributed by atoms with van der Waals surface area (Å²) in [6, 6.07) is 13.3. The molecule has 1 aromatic carbocycles. The molecule has 0 amide bonds. The van der Waals surface area contributed by atoms with Crippen molar-refractivity contribution in [2.24, 2.45) is 10.9 Å².